The molecule has 0 amide bonds. The Kier molecular flexibility index (Phi) is 3.03. The number of nitrogens with two attached hydrogens (primary N) is 1. The minimum absolute atomic E-state index is 0. The van der Waals surface area contributed by atoms with Gasteiger partial charge < -0.3 is 10.5 Å². The van der Waals surface area contributed by atoms with Crippen molar-refractivity contribution in [2.75, 3.05) is 11.4 Å². The van der Waals surface area contributed by atoms with E-state index in [1.807, 2.05) is 42.5 Å². The van der Waals surface area contributed by atoms with Gasteiger partial charge in [-0.25, -0.2) is 0 Å². The third-order valence-electron chi connectivity index (χ3n) is 3.61. The maximum Gasteiger partial charge on any atom is 0.196 e. The number of halogens is 1. The molecule has 1 atom stereocenters. The summed E-state index contributed by atoms with van der Waals surface area (Å²) in [6, 6.07) is 16.1. The number of hydrogen-bond donors (Lipinski definition) is 1. The zero-order chi connectivity index (χ0) is 12.8. The molecule has 4 nitrogen and oxygen atoms in total. The number of nitrogens with zero attached hydrogens (tertiary/aromatic N) is 2. The molecule has 0 saturated heterocycles. The normalized spacial score (nSPS) is 18.7. The molecule has 0 spiro atoms. The Morgan fingerprint density at radius 1 is 1.05 bits per heavy atom. The first kappa shape index (κ1) is 12.8. The van der Waals surface area contributed by atoms with Crippen LogP contribution in [0.1, 0.15) is 11.6 Å². The first-order chi connectivity index (χ1) is 9.34. The Balaban J connectivity index is 0.00000121. The number of anilines is 1. The first-order valence-electron chi connectivity index (χ1n) is 6.29. The van der Waals surface area contributed by atoms with Gasteiger partial charge in [0.05, 0.1) is 18.3 Å². The zero-order valence-electron chi connectivity index (χ0n) is 10.7. The fraction of sp³-hybridized carbons (Fsp3) is 0.133. The lowest BCUT2D eigenvalue weighted by atomic mass is 10.1. The number of rotatable bonds is 0. The van der Waals surface area contributed by atoms with E-state index in [0.29, 0.717) is 12.5 Å². The van der Waals surface area contributed by atoms with Crippen molar-refractivity contribution in [1.29, 1.82) is 0 Å². The van der Waals surface area contributed by atoms with Crippen LogP contribution in [-0.2, 0) is 0 Å². The molecule has 2 N–H and O–H groups in total. The third kappa shape index (κ3) is 1.72. The van der Waals surface area contributed by atoms with Crippen LogP contribution < -0.4 is 15.4 Å². The number of hydrogen-bond acceptors (Lipinski definition) is 4. The largest absolute Gasteiger partial charge is 0.455 e. The molecule has 4 rings (SSSR count). The van der Waals surface area contributed by atoms with E-state index >= 15 is 0 Å². The monoisotopic (exact) mass is 287 g/mol. The van der Waals surface area contributed by atoms with Crippen LogP contribution in [0, 0.1) is 0 Å². The molecule has 0 saturated carbocycles. The van der Waals surface area contributed by atoms with E-state index in [4.69, 9.17) is 10.5 Å². The number of para-hydroxylation sites is 3. The molecule has 2 aromatic carbocycles. The highest BCUT2D eigenvalue weighted by molar-refractivity contribution is 5.99. The second-order valence-corrected chi connectivity index (χ2v) is 4.69. The fourth-order valence-corrected chi connectivity index (χ4v) is 2.74. The van der Waals surface area contributed by atoms with Crippen LogP contribution in [0.2, 0.25) is 0 Å². The summed E-state index contributed by atoms with van der Waals surface area (Å²) in [6.45, 7) is 0.667. The maximum absolute atomic E-state index is 6.05. The summed E-state index contributed by atoms with van der Waals surface area (Å²) in [5, 5.41) is 0. The summed E-state index contributed by atoms with van der Waals surface area (Å²) >= 11 is 0. The second-order valence-electron chi connectivity index (χ2n) is 4.69. The third-order valence-corrected chi connectivity index (χ3v) is 3.61. The molecular formula is C15H14ClN3O. The minimum Gasteiger partial charge on any atom is -0.455 e. The molecule has 5 heteroatoms. The SMILES string of the molecule is Cl.NC1=NCC2c3ccccc3Oc3ccccc3N12. The van der Waals surface area contributed by atoms with Crippen molar-refractivity contribution >= 4 is 24.1 Å². The van der Waals surface area contributed by atoms with Crippen LogP contribution in [0.15, 0.2) is 53.5 Å². The molecule has 2 aliphatic rings. The second kappa shape index (κ2) is 4.72. The van der Waals surface area contributed by atoms with Gasteiger partial charge in [0.1, 0.15) is 5.75 Å². The number of aliphatic imine (C=N–C) groups is 1. The first-order valence-corrected chi connectivity index (χ1v) is 6.29. The van der Waals surface area contributed by atoms with Gasteiger partial charge in [-0.15, -0.1) is 12.4 Å². The molecule has 0 aromatic heterocycles. The summed E-state index contributed by atoms with van der Waals surface area (Å²) in [6.07, 6.45) is 0. The highest BCUT2D eigenvalue weighted by Gasteiger charge is 2.34. The number of ether oxygens (including phenoxy) is 1. The maximum atomic E-state index is 6.05. The van der Waals surface area contributed by atoms with Gasteiger partial charge in [-0.3, -0.25) is 9.89 Å². The molecule has 2 heterocycles. The van der Waals surface area contributed by atoms with Gasteiger partial charge in [0.2, 0.25) is 0 Å². The topological polar surface area (TPSA) is 50.9 Å². The highest BCUT2D eigenvalue weighted by Crippen LogP contribution is 2.45. The van der Waals surface area contributed by atoms with E-state index in [0.717, 1.165) is 22.7 Å². The summed E-state index contributed by atoms with van der Waals surface area (Å²) in [7, 11) is 0. The molecule has 0 aliphatic carbocycles. The van der Waals surface area contributed by atoms with E-state index in [1.165, 1.54) is 0 Å². The van der Waals surface area contributed by atoms with Crippen molar-refractivity contribution in [3.63, 3.8) is 0 Å². The van der Waals surface area contributed by atoms with Crippen LogP contribution in [0.25, 0.3) is 0 Å². The molecule has 1 unspecified atom stereocenters. The highest BCUT2D eigenvalue weighted by atomic mass is 35.5. The molecule has 2 aliphatic heterocycles. The van der Waals surface area contributed by atoms with Gasteiger partial charge in [0, 0.05) is 5.56 Å². The Morgan fingerprint density at radius 2 is 1.75 bits per heavy atom. The standard InChI is InChI=1S/C15H13N3O.ClH/c16-15-17-9-12-10-5-1-3-7-13(10)19-14-8-4-2-6-11(14)18(12)15;/h1-8,12H,9H2,(H2,16,17);1H. The van der Waals surface area contributed by atoms with Crippen LogP contribution >= 0.6 is 12.4 Å². The zero-order valence-corrected chi connectivity index (χ0v) is 11.5. The average molecular weight is 288 g/mol. The van der Waals surface area contributed by atoms with Gasteiger partial charge >= 0.3 is 0 Å². The van der Waals surface area contributed by atoms with Gasteiger partial charge in [-0.05, 0) is 18.2 Å². The summed E-state index contributed by atoms with van der Waals surface area (Å²) in [5.74, 6) is 2.25. The van der Waals surface area contributed by atoms with E-state index in [-0.39, 0.29) is 18.4 Å². The van der Waals surface area contributed by atoms with Crippen molar-refractivity contribution in [1.82, 2.24) is 0 Å². The van der Waals surface area contributed by atoms with Crippen molar-refractivity contribution < 1.29 is 4.74 Å². The average Bonchev–Trinajstić information content (AvgIpc) is 2.75. The Hall–Kier alpha value is -2.20. The molecule has 0 fully saturated rings. The number of fused-ring (bicyclic) bond motifs is 5. The smallest absolute Gasteiger partial charge is 0.196 e. The fourth-order valence-electron chi connectivity index (χ4n) is 2.74. The lowest BCUT2D eigenvalue weighted by Crippen LogP contribution is -2.35. The Bertz CT molecular complexity index is 686. The molecule has 2 aromatic rings. The van der Waals surface area contributed by atoms with Gasteiger partial charge in [-0.2, -0.15) is 0 Å². The van der Waals surface area contributed by atoms with Crippen molar-refractivity contribution in [3.8, 4) is 11.5 Å². The Morgan fingerprint density at radius 3 is 2.60 bits per heavy atom. The van der Waals surface area contributed by atoms with Crippen LogP contribution in [0.5, 0.6) is 11.5 Å². The van der Waals surface area contributed by atoms with Gasteiger partial charge in [0.15, 0.2) is 11.7 Å². The van der Waals surface area contributed by atoms with E-state index in [1.54, 1.807) is 0 Å². The van der Waals surface area contributed by atoms with E-state index < -0.39 is 0 Å². The quantitative estimate of drug-likeness (QED) is 0.810. The lowest BCUT2D eigenvalue weighted by molar-refractivity contribution is 0.482. The molecular weight excluding hydrogens is 274 g/mol. The summed E-state index contributed by atoms with van der Waals surface area (Å²) < 4.78 is 6.03. The summed E-state index contributed by atoms with van der Waals surface area (Å²) in [5.41, 5.74) is 8.15. The van der Waals surface area contributed by atoms with E-state index in [9.17, 15) is 0 Å². The number of benzene rings is 2. The van der Waals surface area contributed by atoms with Crippen LogP contribution in [0.4, 0.5) is 5.69 Å². The molecule has 102 valence electrons. The number of guanidine groups is 1. The van der Waals surface area contributed by atoms with Crippen molar-refractivity contribution in [2.24, 2.45) is 10.7 Å². The molecule has 0 bridgehead atoms. The van der Waals surface area contributed by atoms with Crippen LogP contribution in [-0.4, -0.2) is 12.5 Å². The molecule has 20 heavy (non-hydrogen) atoms. The van der Waals surface area contributed by atoms with Gasteiger partial charge in [-0.1, -0.05) is 30.3 Å². The predicted octanol–water partition coefficient (Wildman–Crippen LogP) is 3.09. The van der Waals surface area contributed by atoms with E-state index in [2.05, 4.69) is 16.0 Å². The van der Waals surface area contributed by atoms with Gasteiger partial charge in [0.25, 0.3) is 0 Å². The summed E-state index contributed by atoms with van der Waals surface area (Å²) in [4.78, 5) is 6.44. The Labute approximate surface area is 123 Å². The predicted molar refractivity (Wildman–Crippen MR) is 81.9 cm³/mol. The minimum atomic E-state index is 0. The van der Waals surface area contributed by atoms with Crippen molar-refractivity contribution in [3.05, 3.63) is 54.1 Å². The lowest BCUT2D eigenvalue weighted by Gasteiger charge is -2.24. The van der Waals surface area contributed by atoms with Crippen LogP contribution in [0.3, 0.4) is 0 Å². The molecule has 0 radical (unpaired) electrons. The van der Waals surface area contributed by atoms with Crippen molar-refractivity contribution in [2.45, 2.75) is 6.04 Å².